The molecule has 3 N–H and O–H groups in total. The van der Waals surface area contributed by atoms with E-state index >= 15 is 0 Å². The summed E-state index contributed by atoms with van der Waals surface area (Å²) in [6.07, 6.45) is 3.22. The third-order valence-electron chi connectivity index (χ3n) is 4.27. The van der Waals surface area contributed by atoms with Gasteiger partial charge in [-0.1, -0.05) is 12.1 Å². The molecule has 0 aliphatic carbocycles. The minimum Gasteiger partial charge on any atom is -0.496 e. The van der Waals surface area contributed by atoms with Gasteiger partial charge in [0.2, 0.25) is 0 Å². The molecule has 0 fully saturated rings. The van der Waals surface area contributed by atoms with Crippen LogP contribution in [0.15, 0.2) is 60.9 Å². The molecule has 4 rings (SSSR count). The quantitative estimate of drug-likeness (QED) is 0.569. The van der Waals surface area contributed by atoms with Crippen molar-refractivity contribution >= 4 is 23.2 Å². The highest BCUT2D eigenvalue weighted by molar-refractivity contribution is 6.06. The van der Waals surface area contributed by atoms with Crippen molar-refractivity contribution in [3.8, 4) is 16.9 Å². The average molecular weight is 377 g/mol. The van der Waals surface area contributed by atoms with Gasteiger partial charge in [0.15, 0.2) is 5.69 Å². The minimum absolute atomic E-state index is 0.0217. The van der Waals surface area contributed by atoms with Gasteiger partial charge >= 0.3 is 0 Å². The molecular weight excluding hydrogens is 361 g/mol. The Morgan fingerprint density at radius 1 is 1.18 bits per heavy atom. The Morgan fingerprint density at radius 2 is 2.04 bits per heavy atom. The summed E-state index contributed by atoms with van der Waals surface area (Å²) >= 11 is 0. The van der Waals surface area contributed by atoms with Crippen LogP contribution in [0.5, 0.6) is 5.75 Å². The number of nitrogens with one attached hydrogen (secondary N) is 1. The van der Waals surface area contributed by atoms with Crippen LogP contribution in [0.2, 0.25) is 0 Å². The Hall–Kier alpha value is -3.94. The van der Waals surface area contributed by atoms with Crippen molar-refractivity contribution in [2.45, 2.75) is 0 Å². The first-order valence-electron chi connectivity index (χ1n) is 8.42. The van der Waals surface area contributed by atoms with Gasteiger partial charge < -0.3 is 15.8 Å². The molecule has 0 aliphatic rings. The van der Waals surface area contributed by atoms with Crippen molar-refractivity contribution in [2.75, 3.05) is 18.2 Å². The van der Waals surface area contributed by atoms with Crippen LogP contribution >= 0.6 is 0 Å². The number of pyridine rings is 2. The molecule has 0 bridgehead atoms. The normalized spacial score (nSPS) is 10.8. The van der Waals surface area contributed by atoms with Crippen LogP contribution in [-0.2, 0) is 0 Å². The number of benzene rings is 1. The summed E-state index contributed by atoms with van der Waals surface area (Å²) in [5, 5.41) is 2.65. The van der Waals surface area contributed by atoms with Crippen molar-refractivity contribution in [3.63, 3.8) is 0 Å². The summed E-state index contributed by atoms with van der Waals surface area (Å²) in [5.41, 5.74) is 7.21. The minimum atomic E-state index is -0.508. The lowest BCUT2D eigenvalue weighted by molar-refractivity contribution is 0.102. The van der Waals surface area contributed by atoms with Crippen molar-refractivity contribution in [1.82, 2.24) is 14.4 Å². The van der Waals surface area contributed by atoms with E-state index in [1.165, 1.54) is 17.6 Å². The summed E-state index contributed by atoms with van der Waals surface area (Å²) in [4.78, 5) is 21.1. The first kappa shape index (κ1) is 17.5. The Kier molecular flexibility index (Phi) is 4.36. The molecule has 3 heterocycles. The Morgan fingerprint density at radius 3 is 2.79 bits per heavy atom. The fourth-order valence-electron chi connectivity index (χ4n) is 3.00. The highest BCUT2D eigenvalue weighted by atomic mass is 19.1. The number of halogens is 1. The number of hydrogen-bond donors (Lipinski definition) is 2. The van der Waals surface area contributed by atoms with E-state index in [9.17, 15) is 9.18 Å². The number of carbonyl (C=O) groups excluding carboxylic acids is 1. The molecule has 3 aromatic heterocycles. The second kappa shape index (κ2) is 6.99. The molecule has 0 saturated heterocycles. The number of hydrogen-bond acceptors (Lipinski definition) is 5. The highest BCUT2D eigenvalue weighted by Crippen LogP contribution is 2.35. The number of anilines is 2. The number of amides is 1. The van der Waals surface area contributed by atoms with Crippen molar-refractivity contribution in [3.05, 3.63) is 72.4 Å². The first-order valence-corrected chi connectivity index (χ1v) is 8.42. The third-order valence-corrected chi connectivity index (χ3v) is 4.27. The zero-order valence-corrected chi connectivity index (χ0v) is 14.9. The van der Waals surface area contributed by atoms with E-state index < -0.39 is 11.7 Å². The van der Waals surface area contributed by atoms with Gasteiger partial charge in [-0.3, -0.25) is 9.20 Å². The average Bonchev–Trinajstić information content (AvgIpc) is 3.06. The number of methoxy groups -OCH3 is 1. The van der Waals surface area contributed by atoms with Gasteiger partial charge in [0, 0.05) is 18.0 Å². The first-order chi connectivity index (χ1) is 13.6. The second-order valence-electron chi connectivity index (χ2n) is 5.95. The SMILES string of the molecule is COc1cccc(F)c1-c1cccn2c(N)c(C(=O)Nc3ccccn3)nc12. The summed E-state index contributed by atoms with van der Waals surface area (Å²) in [6.45, 7) is 0. The summed E-state index contributed by atoms with van der Waals surface area (Å²) < 4.78 is 21.4. The Balaban J connectivity index is 1.84. The van der Waals surface area contributed by atoms with Gasteiger partial charge in [0.25, 0.3) is 5.91 Å². The molecule has 7 nitrogen and oxygen atoms in total. The molecule has 0 unspecified atom stereocenters. The van der Waals surface area contributed by atoms with Gasteiger partial charge in [-0.25, -0.2) is 14.4 Å². The molecule has 1 aromatic carbocycles. The molecule has 8 heteroatoms. The van der Waals surface area contributed by atoms with Crippen LogP contribution in [-0.4, -0.2) is 27.4 Å². The second-order valence-corrected chi connectivity index (χ2v) is 5.95. The van der Waals surface area contributed by atoms with E-state index in [1.807, 2.05) is 0 Å². The van der Waals surface area contributed by atoms with Crippen LogP contribution < -0.4 is 15.8 Å². The van der Waals surface area contributed by atoms with E-state index in [-0.39, 0.29) is 17.1 Å². The molecule has 140 valence electrons. The number of ether oxygens (including phenoxy) is 1. The standard InChI is InChI=1S/C20H16FN5O2/c1-28-14-8-4-7-13(21)16(14)12-6-5-11-26-18(22)17(25-19(12)26)20(27)24-15-9-2-3-10-23-15/h2-11H,22H2,1H3,(H,23,24,27). The zero-order chi connectivity index (χ0) is 19.7. The van der Waals surface area contributed by atoms with E-state index in [1.54, 1.807) is 54.9 Å². The topological polar surface area (TPSA) is 94.5 Å². The predicted molar refractivity (Wildman–Crippen MR) is 104 cm³/mol. The predicted octanol–water partition coefficient (Wildman–Crippen LogP) is 3.38. The number of nitrogens with zero attached hydrogens (tertiary/aromatic N) is 3. The van der Waals surface area contributed by atoms with Crippen molar-refractivity contribution in [2.24, 2.45) is 0 Å². The number of rotatable bonds is 4. The van der Waals surface area contributed by atoms with Crippen LogP contribution in [0, 0.1) is 5.82 Å². The lowest BCUT2D eigenvalue weighted by Crippen LogP contribution is -2.15. The summed E-state index contributed by atoms with van der Waals surface area (Å²) in [6, 6.07) is 13.1. The fourth-order valence-corrected chi connectivity index (χ4v) is 3.00. The van der Waals surface area contributed by atoms with E-state index in [0.29, 0.717) is 22.8 Å². The van der Waals surface area contributed by atoms with Crippen LogP contribution in [0.4, 0.5) is 16.0 Å². The fraction of sp³-hybridized carbons (Fsp3) is 0.0500. The number of fused-ring (bicyclic) bond motifs is 1. The van der Waals surface area contributed by atoms with Crippen molar-refractivity contribution in [1.29, 1.82) is 0 Å². The van der Waals surface area contributed by atoms with E-state index in [0.717, 1.165) is 0 Å². The molecule has 0 atom stereocenters. The van der Waals surface area contributed by atoms with Crippen LogP contribution in [0.25, 0.3) is 16.8 Å². The molecular formula is C20H16FN5O2. The number of aromatic nitrogens is 3. The molecule has 0 radical (unpaired) electrons. The van der Waals surface area contributed by atoms with Gasteiger partial charge in [0.05, 0.1) is 12.7 Å². The maximum absolute atomic E-state index is 14.6. The number of nitrogens with two attached hydrogens (primary N) is 1. The molecule has 0 aliphatic heterocycles. The maximum atomic E-state index is 14.6. The van der Waals surface area contributed by atoms with Crippen molar-refractivity contribution < 1.29 is 13.9 Å². The monoisotopic (exact) mass is 377 g/mol. The molecule has 28 heavy (non-hydrogen) atoms. The molecule has 1 amide bonds. The van der Waals surface area contributed by atoms with Gasteiger partial charge in [-0.05, 0) is 36.4 Å². The van der Waals surface area contributed by atoms with E-state index in [2.05, 4.69) is 15.3 Å². The largest absolute Gasteiger partial charge is 0.496 e. The highest BCUT2D eigenvalue weighted by Gasteiger charge is 2.22. The third kappa shape index (κ3) is 2.90. The van der Waals surface area contributed by atoms with Gasteiger partial charge in [0.1, 0.15) is 28.8 Å². The molecule has 0 spiro atoms. The van der Waals surface area contributed by atoms with E-state index in [4.69, 9.17) is 10.5 Å². The van der Waals surface area contributed by atoms with Gasteiger partial charge in [-0.2, -0.15) is 0 Å². The smallest absolute Gasteiger partial charge is 0.279 e. The lowest BCUT2D eigenvalue weighted by atomic mass is 10.1. The van der Waals surface area contributed by atoms with Crippen LogP contribution in [0.1, 0.15) is 10.5 Å². The Bertz CT molecular complexity index is 1170. The lowest BCUT2D eigenvalue weighted by Gasteiger charge is -2.10. The number of nitrogen functional groups attached to an aromatic ring is 1. The number of carbonyl (C=O) groups is 1. The number of imidazole rings is 1. The summed E-state index contributed by atoms with van der Waals surface area (Å²) in [5.74, 6) is -0.102. The summed E-state index contributed by atoms with van der Waals surface area (Å²) in [7, 11) is 1.46. The molecule has 4 aromatic rings. The molecule has 0 saturated carbocycles. The van der Waals surface area contributed by atoms with Gasteiger partial charge in [-0.15, -0.1) is 0 Å². The Labute approximate surface area is 159 Å². The maximum Gasteiger partial charge on any atom is 0.279 e. The van der Waals surface area contributed by atoms with Crippen LogP contribution in [0.3, 0.4) is 0 Å². The zero-order valence-electron chi connectivity index (χ0n) is 14.9.